The Bertz CT molecular complexity index is 1230. The number of aliphatic hydroxyl groups is 1. The molecule has 2 aliphatic heterocycles. The van der Waals surface area contributed by atoms with E-state index in [2.05, 4.69) is 25.9 Å². The fourth-order valence-corrected chi connectivity index (χ4v) is 6.62. The molecule has 4 atom stereocenters. The van der Waals surface area contributed by atoms with Gasteiger partial charge in [-0.1, -0.05) is 30.0 Å². The molecular weight excluding hydrogens is 541 g/mol. The third kappa shape index (κ3) is 5.58. The van der Waals surface area contributed by atoms with Gasteiger partial charge in [0, 0.05) is 17.5 Å². The summed E-state index contributed by atoms with van der Waals surface area (Å²) < 4.78 is 39.8. The second kappa shape index (κ2) is 10.7. The van der Waals surface area contributed by atoms with Crippen molar-refractivity contribution >= 4 is 41.4 Å². The normalized spacial score (nSPS) is 21.3. The number of β-lactam (4-membered cyclic amide) rings is 1. The first-order valence-corrected chi connectivity index (χ1v) is 12.5. The van der Waals surface area contributed by atoms with Gasteiger partial charge in [0.25, 0.3) is 0 Å². The number of H-pyrrole nitrogens is 1. The zero-order chi connectivity index (χ0) is 26.9. The van der Waals surface area contributed by atoms with Gasteiger partial charge in [0.2, 0.25) is 11.1 Å². The van der Waals surface area contributed by atoms with Gasteiger partial charge in [0.05, 0.1) is 18.1 Å². The Hall–Kier alpha value is -3.15. The molecule has 17 heteroatoms. The number of aromatic amines is 1. The van der Waals surface area contributed by atoms with Crippen LogP contribution in [0.1, 0.15) is 23.7 Å². The number of carboxylic acids is 2. The van der Waals surface area contributed by atoms with E-state index in [0.29, 0.717) is 0 Å². The standard InChI is InChI=1S/C20H19F3N6O6S2/c21-20(22,23)10-4-2-1-3-8(10)11(30)6-24-14-16(33)29-15(18(34)35)9(7-36-17(14)29)12(5-13(31)32)37-19-25-27-28-26-19/h1-4,11-12,14,17,24,30H,5-7H2,(H,31,32)(H,34,35)(H,25,26,27,28)/t11?,12?,14?,17-/m0/s1. The summed E-state index contributed by atoms with van der Waals surface area (Å²) in [5.41, 5.74) is -1.53. The predicted molar refractivity (Wildman–Crippen MR) is 122 cm³/mol. The number of carbonyl (C=O) groups excluding carboxylic acids is 1. The van der Waals surface area contributed by atoms with Crippen molar-refractivity contribution in [2.75, 3.05) is 12.3 Å². The number of rotatable bonds is 10. The zero-order valence-corrected chi connectivity index (χ0v) is 20.2. The zero-order valence-electron chi connectivity index (χ0n) is 18.5. The molecule has 1 aromatic heterocycles. The van der Waals surface area contributed by atoms with Crippen molar-refractivity contribution in [3.8, 4) is 0 Å². The Morgan fingerprint density at radius 3 is 2.65 bits per heavy atom. The number of fused-ring (bicyclic) bond motifs is 1. The summed E-state index contributed by atoms with van der Waals surface area (Å²) in [5.74, 6) is -3.23. The summed E-state index contributed by atoms with van der Waals surface area (Å²) in [7, 11) is 0. The number of aliphatic carboxylic acids is 2. The highest BCUT2D eigenvalue weighted by atomic mass is 32.2. The van der Waals surface area contributed by atoms with Crippen LogP contribution in [0, 0.1) is 0 Å². The number of aromatic nitrogens is 4. The van der Waals surface area contributed by atoms with Gasteiger partial charge < -0.3 is 20.6 Å². The smallest absolute Gasteiger partial charge is 0.416 e. The van der Waals surface area contributed by atoms with E-state index >= 15 is 0 Å². The fourth-order valence-electron chi connectivity index (χ4n) is 4.06. The number of carbonyl (C=O) groups is 3. The first-order chi connectivity index (χ1) is 17.5. The minimum absolute atomic E-state index is 0.0660. The topological polar surface area (TPSA) is 182 Å². The molecule has 198 valence electrons. The predicted octanol–water partition coefficient (Wildman–Crippen LogP) is 1.10. The van der Waals surface area contributed by atoms with E-state index in [0.717, 1.165) is 28.8 Å². The summed E-state index contributed by atoms with van der Waals surface area (Å²) in [6, 6.07) is 3.58. The molecule has 12 nitrogen and oxygen atoms in total. The second-order valence-corrected chi connectivity index (χ2v) is 10.2. The van der Waals surface area contributed by atoms with E-state index in [1.807, 2.05) is 0 Å². The van der Waals surface area contributed by atoms with Crippen LogP contribution in [0.2, 0.25) is 0 Å². The van der Waals surface area contributed by atoms with Crippen molar-refractivity contribution in [1.29, 1.82) is 0 Å². The van der Waals surface area contributed by atoms with Gasteiger partial charge in [-0.3, -0.25) is 14.5 Å². The second-order valence-electron chi connectivity index (χ2n) is 7.97. The van der Waals surface area contributed by atoms with Crippen molar-refractivity contribution < 1.29 is 42.9 Å². The van der Waals surface area contributed by atoms with Gasteiger partial charge in [-0.05, 0) is 22.4 Å². The summed E-state index contributed by atoms with van der Waals surface area (Å²) in [5, 5.41) is 44.0. The Labute approximate surface area is 214 Å². The number of aliphatic hydroxyl groups excluding tert-OH is 1. The van der Waals surface area contributed by atoms with Gasteiger partial charge in [-0.2, -0.15) is 18.4 Å². The maximum atomic E-state index is 13.3. The first kappa shape index (κ1) is 26.9. The Kier molecular flexibility index (Phi) is 7.77. The summed E-state index contributed by atoms with van der Waals surface area (Å²) in [4.78, 5) is 37.5. The van der Waals surface area contributed by atoms with E-state index in [9.17, 15) is 42.9 Å². The van der Waals surface area contributed by atoms with Crippen LogP contribution in [0.25, 0.3) is 0 Å². The summed E-state index contributed by atoms with van der Waals surface area (Å²) in [6.07, 6.45) is -6.72. The number of alkyl halides is 3. The van der Waals surface area contributed by atoms with E-state index in [-0.39, 0.29) is 34.3 Å². The van der Waals surface area contributed by atoms with E-state index < -0.39 is 58.8 Å². The monoisotopic (exact) mass is 560 g/mol. The molecule has 2 aromatic rings. The molecule has 0 radical (unpaired) electrons. The Balaban J connectivity index is 1.52. The molecule has 1 aromatic carbocycles. The number of hydrogen-bond donors (Lipinski definition) is 5. The lowest BCUT2D eigenvalue weighted by Crippen LogP contribution is -2.70. The van der Waals surface area contributed by atoms with Crippen molar-refractivity contribution in [3.05, 3.63) is 46.7 Å². The number of carboxylic acid groups (broad SMARTS) is 2. The molecule has 4 rings (SSSR count). The number of tetrazole rings is 1. The van der Waals surface area contributed by atoms with Crippen LogP contribution in [0.3, 0.4) is 0 Å². The molecule has 37 heavy (non-hydrogen) atoms. The van der Waals surface area contributed by atoms with Gasteiger partial charge >= 0.3 is 18.1 Å². The summed E-state index contributed by atoms with van der Waals surface area (Å²) in [6.45, 7) is -0.386. The van der Waals surface area contributed by atoms with Crippen LogP contribution in [0.15, 0.2) is 40.7 Å². The molecule has 0 aliphatic carbocycles. The van der Waals surface area contributed by atoms with Crippen LogP contribution < -0.4 is 5.32 Å². The molecule has 5 N–H and O–H groups in total. The highest BCUT2D eigenvalue weighted by Gasteiger charge is 2.54. The Morgan fingerprint density at radius 2 is 2.03 bits per heavy atom. The third-order valence-electron chi connectivity index (χ3n) is 5.68. The van der Waals surface area contributed by atoms with Crippen molar-refractivity contribution in [2.24, 2.45) is 0 Å². The molecule has 1 amide bonds. The lowest BCUT2D eigenvalue weighted by molar-refractivity contribution is -0.149. The molecule has 1 fully saturated rings. The minimum Gasteiger partial charge on any atom is -0.481 e. The number of halogens is 3. The highest BCUT2D eigenvalue weighted by Crippen LogP contribution is 2.44. The fraction of sp³-hybridized carbons (Fsp3) is 0.400. The number of hydrogen-bond acceptors (Lipinski definition) is 10. The van der Waals surface area contributed by atoms with Gasteiger partial charge in [0.15, 0.2) is 0 Å². The van der Waals surface area contributed by atoms with E-state index in [1.54, 1.807) is 0 Å². The van der Waals surface area contributed by atoms with Gasteiger partial charge in [-0.25, -0.2) is 4.79 Å². The number of nitrogens with zero attached hydrogens (tertiary/aromatic N) is 4. The molecular formula is C20H19F3N6O6S2. The maximum absolute atomic E-state index is 13.3. The largest absolute Gasteiger partial charge is 0.481 e. The molecule has 1 saturated heterocycles. The third-order valence-corrected chi connectivity index (χ3v) is 8.10. The highest BCUT2D eigenvalue weighted by molar-refractivity contribution is 8.01. The number of amides is 1. The molecule has 3 unspecified atom stereocenters. The molecule has 2 aliphatic rings. The van der Waals surface area contributed by atoms with Crippen LogP contribution in [-0.4, -0.2) is 87.7 Å². The van der Waals surface area contributed by atoms with Gasteiger partial charge in [0.1, 0.15) is 17.1 Å². The molecule has 0 bridgehead atoms. The Morgan fingerprint density at radius 1 is 1.30 bits per heavy atom. The SMILES string of the molecule is O=C(O)CC(Sc1nn[nH]n1)C1=C(C(=O)O)N2C(=O)C(NCC(O)c3ccccc3C(F)(F)F)[C@@H]2SC1. The molecule has 0 saturated carbocycles. The number of benzene rings is 1. The minimum atomic E-state index is -4.68. The van der Waals surface area contributed by atoms with E-state index in [4.69, 9.17) is 0 Å². The number of nitrogens with one attached hydrogen (secondary N) is 2. The molecule has 3 heterocycles. The average Bonchev–Trinajstić information content (AvgIpc) is 3.35. The van der Waals surface area contributed by atoms with Gasteiger partial charge in [-0.15, -0.1) is 22.0 Å². The molecule has 0 spiro atoms. The van der Waals surface area contributed by atoms with Crippen molar-refractivity contribution in [2.45, 2.75) is 40.5 Å². The van der Waals surface area contributed by atoms with Crippen molar-refractivity contribution in [1.82, 2.24) is 30.8 Å². The van der Waals surface area contributed by atoms with Crippen molar-refractivity contribution in [3.63, 3.8) is 0 Å². The van der Waals surface area contributed by atoms with Crippen LogP contribution in [0.4, 0.5) is 13.2 Å². The van der Waals surface area contributed by atoms with Crippen LogP contribution in [0.5, 0.6) is 0 Å². The quantitative estimate of drug-likeness (QED) is 0.206. The summed E-state index contributed by atoms with van der Waals surface area (Å²) >= 11 is 2.05. The number of thioether (sulfide) groups is 2. The lowest BCUT2D eigenvalue weighted by atomic mass is 9.99. The van der Waals surface area contributed by atoms with Crippen LogP contribution >= 0.6 is 23.5 Å². The van der Waals surface area contributed by atoms with Crippen LogP contribution in [-0.2, 0) is 20.6 Å². The van der Waals surface area contributed by atoms with E-state index in [1.165, 1.54) is 23.9 Å². The first-order valence-electron chi connectivity index (χ1n) is 10.6. The maximum Gasteiger partial charge on any atom is 0.416 e. The average molecular weight is 561 g/mol. The lowest BCUT2D eigenvalue weighted by Gasteiger charge is -2.50.